The Kier molecular flexibility index (Phi) is 3.93. The molecule has 6 heteroatoms. The lowest BCUT2D eigenvalue weighted by atomic mass is 9.78. The molecule has 0 amide bonds. The van der Waals surface area contributed by atoms with Crippen molar-refractivity contribution in [2.45, 2.75) is 44.3 Å². The van der Waals surface area contributed by atoms with Gasteiger partial charge in [-0.05, 0) is 31.2 Å². The van der Waals surface area contributed by atoms with Gasteiger partial charge in [0.2, 0.25) is 0 Å². The van der Waals surface area contributed by atoms with Crippen LogP contribution >= 0.6 is 0 Å². The molecule has 0 radical (unpaired) electrons. The molecule has 3 nitrogen and oxygen atoms in total. The Bertz CT molecular complexity index is 788. The summed E-state index contributed by atoms with van der Waals surface area (Å²) < 4.78 is 40.4. The third kappa shape index (κ3) is 2.87. The number of imidazole rings is 1. The van der Waals surface area contributed by atoms with Gasteiger partial charge in [0, 0.05) is 17.9 Å². The molecule has 1 aromatic heterocycles. The average Bonchev–Trinajstić information content (AvgIpc) is 3.17. The average molecular weight is 348 g/mol. The monoisotopic (exact) mass is 348 g/mol. The lowest BCUT2D eigenvalue weighted by molar-refractivity contribution is -0.184. The zero-order valence-corrected chi connectivity index (χ0v) is 13.7. The second-order valence-electron chi connectivity index (χ2n) is 7.05. The Labute approximate surface area is 143 Å². The van der Waals surface area contributed by atoms with Gasteiger partial charge in [0.15, 0.2) is 0 Å². The molecule has 132 valence electrons. The Morgan fingerprint density at radius 1 is 1.16 bits per heavy atom. The summed E-state index contributed by atoms with van der Waals surface area (Å²) in [4.78, 5) is 16.9. The fourth-order valence-corrected chi connectivity index (χ4v) is 4.24. The van der Waals surface area contributed by atoms with Crippen LogP contribution in [0.5, 0.6) is 0 Å². The van der Waals surface area contributed by atoms with Crippen molar-refractivity contribution in [2.24, 2.45) is 11.8 Å². The van der Waals surface area contributed by atoms with Crippen molar-refractivity contribution in [3.8, 4) is 11.3 Å². The van der Waals surface area contributed by atoms with Crippen molar-refractivity contribution in [1.82, 2.24) is 9.55 Å². The van der Waals surface area contributed by atoms with Crippen LogP contribution in [0.2, 0.25) is 0 Å². The highest BCUT2D eigenvalue weighted by Gasteiger charge is 2.42. The molecule has 0 spiro atoms. The molecule has 1 aromatic carbocycles. The van der Waals surface area contributed by atoms with E-state index in [2.05, 4.69) is 4.98 Å². The van der Waals surface area contributed by atoms with Gasteiger partial charge in [0.05, 0.1) is 30.2 Å². The normalized spacial score (nSPS) is 25.5. The van der Waals surface area contributed by atoms with Crippen molar-refractivity contribution < 1.29 is 18.0 Å². The largest absolute Gasteiger partial charge is 0.391 e. The van der Waals surface area contributed by atoms with Crippen LogP contribution in [0.15, 0.2) is 36.8 Å². The second-order valence-corrected chi connectivity index (χ2v) is 7.05. The van der Waals surface area contributed by atoms with E-state index in [-0.39, 0.29) is 30.6 Å². The summed E-state index contributed by atoms with van der Waals surface area (Å²) in [6, 6.07) is 7.84. The molecule has 1 unspecified atom stereocenters. The maximum atomic E-state index is 12.8. The fraction of sp³-hybridized carbons (Fsp3) is 0.474. The highest BCUT2D eigenvalue weighted by molar-refractivity contribution is 5.83. The molecule has 1 aliphatic carbocycles. The fourth-order valence-electron chi connectivity index (χ4n) is 4.24. The number of halogens is 3. The highest BCUT2D eigenvalue weighted by Crippen LogP contribution is 2.43. The van der Waals surface area contributed by atoms with Gasteiger partial charge < -0.3 is 4.57 Å². The minimum absolute atomic E-state index is 0.0670. The van der Waals surface area contributed by atoms with E-state index in [0.29, 0.717) is 19.3 Å². The SMILES string of the molecule is O=C(CC1c2ccccc2-c2cncn21)C1CCC(C(F)(F)F)CC1. The van der Waals surface area contributed by atoms with Gasteiger partial charge in [-0.25, -0.2) is 4.98 Å². The molecule has 1 atom stereocenters. The van der Waals surface area contributed by atoms with Crippen molar-refractivity contribution in [3.05, 3.63) is 42.4 Å². The molecule has 2 heterocycles. The van der Waals surface area contributed by atoms with Gasteiger partial charge in [0.1, 0.15) is 5.78 Å². The zero-order valence-electron chi connectivity index (χ0n) is 13.7. The van der Waals surface area contributed by atoms with E-state index in [1.165, 1.54) is 0 Å². The van der Waals surface area contributed by atoms with E-state index in [1.807, 2.05) is 28.8 Å². The number of carbonyl (C=O) groups is 1. The van der Waals surface area contributed by atoms with E-state index in [1.54, 1.807) is 12.5 Å². The first-order chi connectivity index (χ1) is 11.9. The summed E-state index contributed by atoms with van der Waals surface area (Å²) >= 11 is 0. The van der Waals surface area contributed by atoms with Crippen LogP contribution in [0, 0.1) is 11.8 Å². The smallest absolute Gasteiger partial charge is 0.323 e. The Hall–Kier alpha value is -2.11. The summed E-state index contributed by atoms with van der Waals surface area (Å²) in [6.45, 7) is 0. The lowest BCUT2D eigenvalue weighted by Gasteiger charge is -2.29. The Morgan fingerprint density at radius 2 is 1.88 bits per heavy atom. The first kappa shape index (κ1) is 16.4. The Morgan fingerprint density at radius 3 is 2.60 bits per heavy atom. The minimum Gasteiger partial charge on any atom is -0.323 e. The standard InChI is InChI=1S/C19H19F3N2O/c20-19(21,22)13-7-5-12(6-8-13)18(25)9-16-14-3-1-2-4-15(14)17-10-23-11-24(16)17/h1-4,10-13,16H,5-9H2. The van der Waals surface area contributed by atoms with Crippen molar-refractivity contribution >= 4 is 5.78 Å². The number of benzene rings is 1. The first-order valence-electron chi connectivity index (χ1n) is 8.65. The maximum Gasteiger partial charge on any atom is 0.391 e. The molecule has 1 fully saturated rings. The molecule has 0 saturated heterocycles. The number of hydrogen-bond donors (Lipinski definition) is 0. The number of nitrogens with zero attached hydrogens (tertiary/aromatic N) is 2. The summed E-state index contributed by atoms with van der Waals surface area (Å²) in [6.07, 6.45) is 0.523. The number of Topliss-reactive ketones (excluding diaryl/α,β-unsaturated/α-hetero) is 1. The topological polar surface area (TPSA) is 34.9 Å². The third-order valence-electron chi connectivity index (χ3n) is 5.64. The third-order valence-corrected chi connectivity index (χ3v) is 5.64. The number of hydrogen-bond acceptors (Lipinski definition) is 2. The minimum atomic E-state index is -4.13. The van der Waals surface area contributed by atoms with Crippen LogP contribution in [0.1, 0.15) is 43.7 Å². The number of ketones is 1. The van der Waals surface area contributed by atoms with Crippen LogP contribution in [0.4, 0.5) is 13.2 Å². The lowest BCUT2D eigenvalue weighted by Crippen LogP contribution is -2.31. The quantitative estimate of drug-likeness (QED) is 0.800. The number of rotatable bonds is 3. The maximum absolute atomic E-state index is 12.8. The zero-order chi connectivity index (χ0) is 17.6. The number of alkyl halides is 3. The first-order valence-corrected chi connectivity index (χ1v) is 8.65. The molecule has 25 heavy (non-hydrogen) atoms. The number of carbonyl (C=O) groups excluding carboxylic acids is 1. The van der Waals surface area contributed by atoms with Gasteiger partial charge >= 0.3 is 6.18 Å². The second kappa shape index (κ2) is 6.00. The van der Waals surface area contributed by atoms with E-state index in [4.69, 9.17) is 0 Å². The van der Waals surface area contributed by atoms with Gasteiger partial charge in [-0.15, -0.1) is 0 Å². The Balaban J connectivity index is 1.48. The number of fused-ring (bicyclic) bond motifs is 3. The summed E-state index contributed by atoms with van der Waals surface area (Å²) in [7, 11) is 0. The van der Waals surface area contributed by atoms with Crippen LogP contribution in [-0.2, 0) is 4.79 Å². The van der Waals surface area contributed by atoms with E-state index in [9.17, 15) is 18.0 Å². The molecule has 0 bridgehead atoms. The molecule has 4 rings (SSSR count). The molecule has 2 aliphatic rings. The van der Waals surface area contributed by atoms with Crippen LogP contribution in [0.3, 0.4) is 0 Å². The van der Waals surface area contributed by atoms with Crippen LogP contribution in [0.25, 0.3) is 11.3 Å². The predicted molar refractivity (Wildman–Crippen MR) is 86.9 cm³/mol. The number of aromatic nitrogens is 2. The predicted octanol–water partition coefficient (Wildman–Crippen LogP) is 4.78. The van der Waals surface area contributed by atoms with Crippen molar-refractivity contribution in [2.75, 3.05) is 0 Å². The van der Waals surface area contributed by atoms with Gasteiger partial charge in [-0.1, -0.05) is 24.3 Å². The molecule has 1 aliphatic heterocycles. The summed E-state index contributed by atoms with van der Waals surface area (Å²) in [5, 5.41) is 0. The van der Waals surface area contributed by atoms with Crippen molar-refractivity contribution in [1.29, 1.82) is 0 Å². The molecular weight excluding hydrogens is 329 g/mol. The van der Waals surface area contributed by atoms with Crippen molar-refractivity contribution in [3.63, 3.8) is 0 Å². The van der Waals surface area contributed by atoms with Gasteiger partial charge in [0.25, 0.3) is 0 Å². The van der Waals surface area contributed by atoms with Crippen LogP contribution in [-0.4, -0.2) is 21.5 Å². The highest BCUT2D eigenvalue weighted by atomic mass is 19.4. The van der Waals surface area contributed by atoms with E-state index in [0.717, 1.165) is 16.8 Å². The summed E-state index contributed by atoms with van der Waals surface area (Å²) in [5.41, 5.74) is 3.17. The molecule has 1 saturated carbocycles. The summed E-state index contributed by atoms with van der Waals surface area (Å²) in [5.74, 6) is -1.43. The molecular formula is C19H19F3N2O. The van der Waals surface area contributed by atoms with Crippen LogP contribution < -0.4 is 0 Å². The molecule has 0 N–H and O–H groups in total. The van der Waals surface area contributed by atoms with E-state index < -0.39 is 12.1 Å². The van der Waals surface area contributed by atoms with E-state index >= 15 is 0 Å². The molecule has 2 aromatic rings. The van der Waals surface area contributed by atoms with Gasteiger partial charge in [-0.2, -0.15) is 13.2 Å². The van der Waals surface area contributed by atoms with Gasteiger partial charge in [-0.3, -0.25) is 4.79 Å².